The fraction of sp³-hybridized carbons (Fsp3) is 0.412. The lowest BCUT2D eigenvalue weighted by Gasteiger charge is -2.47. The standard InChI is InChI=1S/2C27H24ClFN6.C24H24ClFN6.C24H26ClFN6/c2*1-14-15-8-10-17(11-9-15)22(14)34-26-21(29)20(16-6-4-3-5-7-16)25(30-2)23(35-26)18-12-31-27-24(18)33-19(28)13-32-27;1-11-12-3-7-14(8-4-12)19(11)31-23-18(26)17(13-5-6-13)22(27-2)20(32-23)15-9-28-24-21(15)30-16(25)10-29-24;1-11(2)17-18(26)23(31-19-12(3)13-5-7-14(19)8-6-13)32-20(22(17)27-4)15-9-28-24-21(15)30-16(25)10-29-24/h2*3-7,12-15,17,22H,8-11H2,1H3,(H,31,32)(H,34,35);9-14,19H,3-8H2,1H3,(H,28,29)(H,31,32);9-14,19H,5-8H2,1-3H3,(H,28,29)(H,31,32)/t14-,15?,17?,22+;;;/m1.../s1. The number of benzene rings is 2. The molecule has 0 radical (unpaired) electrons. The second-order valence-corrected chi connectivity index (χ2v) is 39.8. The molecule has 14 aromatic rings. The topological polar surface area (TPSA) is 283 Å². The average Bonchev–Trinajstić information content (AvgIpc) is 0.844. The Labute approximate surface area is 792 Å². The van der Waals surface area contributed by atoms with E-state index in [-0.39, 0.29) is 120 Å². The summed E-state index contributed by atoms with van der Waals surface area (Å²) < 4.78 is 64.0. The normalized spacial score (nSPS) is 24.6. The van der Waals surface area contributed by atoms with Crippen molar-refractivity contribution in [1.29, 1.82) is 0 Å². The fourth-order valence-electron chi connectivity index (χ4n) is 23.7. The summed E-state index contributed by atoms with van der Waals surface area (Å²) in [5.74, 6) is 5.53. The highest BCUT2D eigenvalue weighted by Crippen LogP contribution is 2.56. The van der Waals surface area contributed by atoms with Crippen LogP contribution in [0.3, 0.4) is 0 Å². The molecule has 0 aliphatic heterocycles. The molecular weight excluding hydrogens is 1780 g/mol. The first-order valence-electron chi connectivity index (χ1n) is 46.6. The van der Waals surface area contributed by atoms with E-state index in [1.54, 1.807) is 24.8 Å². The third-order valence-corrected chi connectivity index (χ3v) is 31.6. The Balaban J connectivity index is 0.000000111. The summed E-state index contributed by atoms with van der Waals surface area (Å²) in [7, 11) is 0. The Morgan fingerprint density at radius 2 is 0.597 bits per heavy atom. The third-order valence-electron chi connectivity index (χ3n) is 30.8. The van der Waals surface area contributed by atoms with Crippen LogP contribution < -0.4 is 21.3 Å². The quantitative estimate of drug-likeness (QED) is 0.0330. The Bertz CT molecular complexity index is 6620. The van der Waals surface area contributed by atoms with Gasteiger partial charge in [0.2, 0.25) is 22.7 Å². The van der Waals surface area contributed by atoms with Crippen LogP contribution in [0.2, 0.25) is 20.6 Å². The first-order chi connectivity index (χ1) is 65.0. The minimum absolute atomic E-state index is 0.0708. The summed E-state index contributed by atoms with van der Waals surface area (Å²) in [5.41, 5.74) is 11.5. The maximum Gasteiger partial charge on any atom is 0.223 e. The van der Waals surface area contributed by atoms with E-state index in [0.717, 1.165) is 38.5 Å². The van der Waals surface area contributed by atoms with Crippen LogP contribution in [0.25, 0.3) is 131 Å². The van der Waals surface area contributed by atoms with Gasteiger partial charge in [-0.1, -0.05) is 149 Å². The molecule has 13 aliphatic rings. The van der Waals surface area contributed by atoms with Gasteiger partial charge >= 0.3 is 0 Å². The van der Waals surface area contributed by atoms with E-state index in [4.69, 9.17) is 87.6 Å². The van der Waals surface area contributed by atoms with Gasteiger partial charge in [0.15, 0.2) is 69.1 Å². The zero-order chi connectivity index (χ0) is 92.8. The van der Waals surface area contributed by atoms with E-state index >= 15 is 17.6 Å². The van der Waals surface area contributed by atoms with Gasteiger partial charge in [-0.25, -0.2) is 96.7 Å². The minimum Gasteiger partial charge on any atom is -0.364 e. The number of rotatable bonds is 16. The van der Waals surface area contributed by atoms with Gasteiger partial charge in [-0.2, -0.15) is 0 Å². The number of hydrogen-bond donors (Lipinski definition) is 8. The van der Waals surface area contributed by atoms with Gasteiger partial charge in [0.05, 0.1) is 73.9 Å². The summed E-state index contributed by atoms with van der Waals surface area (Å²) in [6.07, 6.45) is 33.9. The van der Waals surface area contributed by atoms with Crippen LogP contribution in [0, 0.1) is 121 Å². The predicted molar refractivity (Wildman–Crippen MR) is 518 cm³/mol. The number of halogens is 8. The number of anilines is 4. The molecule has 32 heteroatoms. The van der Waals surface area contributed by atoms with Gasteiger partial charge in [0.25, 0.3) is 0 Å². The minimum atomic E-state index is -0.497. The maximum atomic E-state index is 16.2. The van der Waals surface area contributed by atoms with Gasteiger partial charge in [-0.3, -0.25) is 0 Å². The lowest BCUT2D eigenvalue weighted by Crippen LogP contribution is -2.47. The van der Waals surface area contributed by atoms with Gasteiger partial charge in [0, 0.05) is 93.5 Å². The van der Waals surface area contributed by atoms with E-state index in [0.29, 0.717) is 183 Å². The maximum absolute atomic E-state index is 16.2. The van der Waals surface area contributed by atoms with Gasteiger partial charge in [0.1, 0.15) is 42.7 Å². The summed E-state index contributed by atoms with van der Waals surface area (Å²) in [6, 6.07) is 19.1. The van der Waals surface area contributed by atoms with Crippen LogP contribution >= 0.6 is 46.4 Å². The van der Waals surface area contributed by atoms with Crippen molar-refractivity contribution in [3.05, 3.63) is 211 Å². The average molecular weight is 1880 g/mol. The molecule has 8 atom stereocenters. The van der Waals surface area contributed by atoms with Crippen LogP contribution in [0.5, 0.6) is 0 Å². The monoisotopic (exact) mass is 1870 g/mol. The Kier molecular flexibility index (Phi) is 24.8. The number of aromatic amines is 4. The number of H-pyrrole nitrogens is 4. The SMILES string of the molecule is [C-]#[N+]c1c(-c2c[nH]c3ncc(Cl)nc23)nc(NC2C3CCC(CC3)C2C)c(F)c1-c1ccccc1.[C-]#[N+]c1c(-c2c[nH]c3ncc(Cl)nc23)nc(NC2C3CCC(CC3)C2C)c(F)c1C(C)C.[C-]#[N+]c1c(-c2c[nH]c3ncc(Cl)nc23)nc(NC2C3CCC(CC3)C2C)c(F)c1C1CC1.[C-]#[N+]c1c(-c2c[nH]c3ncc(Cl)nc23)nc(N[C@@H]2C3CCC(CC3)[C@H]2C)c(F)c1-c1ccccc1. The molecule has 8 N–H and O–H groups in total. The molecule has 0 saturated heterocycles. The second kappa shape index (κ2) is 37.1. The Morgan fingerprint density at radius 1 is 0.336 bits per heavy atom. The van der Waals surface area contributed by atoms with E-state index in [9.17, 15) is 0 Å². The molecule has 13 aliphatic carbocycles. The van der Waals surface area contributed by atoms with Gasteiger partial charge in [-0.15, -0.1) is 0 Å². The van der Waals surface area contributed by atoms with Crippen molar-refractivity contribution in [2.24, 2.45) is 71.0 Å². The van der Waals surface area contributed by atoms with Crippen molar-refractivity contribution in [3.63, 3.8) is 0 Å². The molecule has 12 heterocycles. The summed E-state index contributed by atoms with van der Waals surface area (Å²) >= 11 is 24.4. The summed E-state index contributed by atoms with van der Waals surface area (Å²) in [6.45, 7) is 44.5. The van der Waals surface area contributed by atoms with Crippen LogP contribution in [0.1, 0.15) is 180 Å². The number of hydrogen-bond acceptors (Lipinski definition) is 16. The highest BCUT2D eigenvalue weighted by atomic mass is 35.5. The molecule has 13 saturated carbocycles. The second-order valence-electron chi connectivity index (χ2n) is 38.3. The summed E-state index contributed by atoms with van der Waals surface area (Å²) in [5, 5.41) is 14.9. The zero-order valence-corrected chi connectivity index (χ0v) is 77.7. The molecule has 2 aromatic carbocycles. The van der Waals surface area contributed by atoms with Crippen molar-refractivity contribution in [3.8, 4) is 67.3 Å². The zero-order valence-electron chi connectivity index (χ0n) is 74.7. The number of fused-ring (bicyclic) bond motifs is 16. The Morgan fingerprint density at radius 3 is 0.866 bits per heavy atom. The molecule has 13 fully saturated rings. The van der Waals surface area contributed by atoms with Crippen LogP contribution in [0.4, 0.5) is 63.6 Å². The number of aromatic nitrogens is 16. The van der Waals surface area contributed by atoms with E-state index in [1.165, 1.54) is 102 Å². The van der Waals surface area contributed by atoms with Gasteiger partial charge in [-0.05, 0) is 210 Å². The summed E-state index contributed by atoms with van der Waals surface area (Å²) in [4.78, 5) is 80.9. The number of nitrogens with zero attached hydrogens (tertiary/aromatic N) is 16. The van der Waals surface area contributed by atoms with Crippen molar-refractivity contribution in [2.45, 2.75) is 193 Å². The molecule has 0 amide bonds. The van der Waals surface area contributed by atoms with Gasteiger partial charge < -0.3 is 41.2 Å². The van der Waals surface area contributed by atoms with Crippen LogP contribution in [0.15, 0.2) is 110 Å². The van der Waals surface area contributed by atoms with Crippen molar-refractivity contribution in [1.82, 2.24) is 79.7 Å². The first-order valence-corrected chi connectivity index (χ1v) is 48.1. The van der Waals surface area contributed by atoms with E-state index in [1.807, 2.05) is 74.5 Å². The molecule has 12 aromatic heterocycles. The highest BCUT2D eigenvalue weighted by Gasteiger charge is 2.48. The Hall–Kier alpha value is -12.4. The molecular formula is C102H98Cl4F4N24. The van der Waals surface area contributed by atoms with E-state index < -0.39 is 17.5 Å². The molecule has 8 bridgehead atoms. The van der Waals surface area contributed by atoms with Crippen molar-refractivity contribution in [2.75, 3.05) is 21.3 Å². The smallest absolute Gasteiger partial charge is 0.223 e. The lowest BCUT2D eigenvalue weighted by atomic mass is 9.62. The van der Waals surface area contributed by atoms with Crippen molar-refractivity contribution < 1.29 is 17.6 Å². The van der Waals surface area contributed by atoms with Crippen LogP contribution in [-0.2, 0) is 0 Å². The van der Waals surface area contributed by atoms with Crippen molar-refractivity contribution >= 4 is 137 Å². The third kappa shape index (κ3) is 16.6. The predicted octanol–water partition coefficient (Wildman–Crippen LogP) is 27.7. The van der Waals surface area contributed by atoms with Crippen LogP contribution in [-0.4, -0.2) is 104 Å². The molecule has 682 valence electrons. The number of nitrogens with one attached hydrogen (secondary N) is 8. The molecule has 24 nitrogen and oxygen atoms in total. The lowest BCUT2D eigenvalue weighted by molar-refractivity contribution is 0.0926. The number of pyridine rings is 4. The fourth-order valence-corrected chi connectivity index (χ4v) is 24.2. The largest absolute Gasteiger partial charge is 0.364 e. The molecule has 134 heavy (non-hydrogen) atoms. The molecule has 27 rings (SSSR count). The highest BCUT2D eigenvalue weighted by molar-refractivity contribution is 6.31. The molecule has 6 unspecified atom stereocenters. The first kappa shape index (κ1) is 89.4. The molecule has 0 spiro atoms. The van der Waals surface area contributed by atoms with E-state index in [2.05, 4.69) is 133 Å².